The van der Waals surface area contributed by atoms with Gasteiger partial charge in [-0.15, -0.1) is 0 Å². The minimum absolute atomic E-state index is 0.575. The number of para-hydroxylation sites is 2. The number of fused-ring (bicyclic) bond motifs is 1. The second-order valence-electron chi connectivity index (χ2n) is 2.22. The third-order valence-corrected chi connectivity index (χ3v) is 1.49. The van der Waals surface area contributed by atoms with Gasteiger partial charge in [-0.25, -0.2) is 4.98 Å². The molecule has 0 aliphatic carbocycles. The molecule has 0 saturated carbocycles. The Morgan fingerprint density at radius 2 is 2.18 bits per heavy atom. The molecule has 0 saturated heterocycles. The first-order chi connectivity index (χ1) is 5.40. The van der Waals surface area contributed by atoms with Gasteiger partial charge in [0.2, 0.25) is 5.89 Å². The van der Waals surface area contributed by atoms with Crippen LogP contribution in [-0.2, 0) is 0 Å². The third-order valence-electron chi connectivity index (χ3n) is 1.49. The quantitative estimate of drug-likeness (QED) is 0.616. The van der Waals surface area contributed by atoms with E-state index in [0.29, 0.717) is 5.89 Å². The molecule has 0 aliphatic rings. The monoisotopic (exact) mass is 145 g/mol. The van der Waals surface area contributed by atoms with E-state index < -0.39 is 0 Å². The molecule has 0 aliphatic heterocycles. The minimum Gasteiger partial charge on any atom is -0.437 e. The van der Waals surface area contributed by atoms with Gasteiger partial charge < -0.3 is 4.42 Å². The molecule has 0 spiro atoms. The molecule has 2 rings (SSSR count). The molecule has 1 aromatic carbocycles. The Labute approximate surface area is 64.2 Å². The minimum atomic E-state index is 0.575. The van der Waals surface area contributed by atoms with E-state index in [2.05, 4.69) is 11.6 Å². The van der Waals surface area contributed by atoms with Gasteiger partial charge in [0.1, 0.15) is 5.52 Å². The van der Waals surface area contributed by atoms with E-state index in [9.17, 15) is 0 Å². The Hall–Kier alpha value is -1.57. The van der Waals surface area contributed by atoms with Crippen molar-refractivity contribution in [1.29, 1.82) is 0 Å². The van der Waals surface area contributed by atoms with Crippen LogP contribution in [0.15, 0.2) is 35.3 Å². The molecule has 2 nitrogen and oxygen atoms in total. The van der Waals surface area contributed by atoms with E-state index >= 15 is 0 Å². The number of hydrogen-bond donors (Lipinski definition) is 0. The molecule has 0 unspecified atom stereocenters. The van der Waals surface area contributed by atoms with Gasteiger partial charge >= 0.3 is 0 Å². The summed E-state index contributed by atoms with van der Waals surface area (Å²) in [7, 11) is 0. The summed E-state index contributed by atoms with van der Waals surface area (Å²) < 4.78 is 5.29. The topological polar surface area (TPSA) is 26.0 Å². The molecule has 11 heavy (non-hydrogen) atoms. The van der Waals surface area contributed by atoms with Crippen LogP contribution in [0.4, 0.5) is 0 Å². The van der Waals surface area contributed by atoms with E-state index in [4.69, 9.17) is 4.42 Å². The summed E-state index contributed by atoms with van der Waals surface area (Å²) in [4.78, 5) is 4.15. The van der Waals surface area contributed by atoms with Crippen LogP contribution in [0.2, 0.25) is 0 Å². The van der Waals surface area contributed by atoms with Crippen LogP contribution >= 0.6 is 0 Å². The van der Waals surface area contributed by atoms with Crippen molar-refractivity contribution in [2.45, 2.75) is 0 Å². The Morgan fingerprint density at radius 1 is 1.36 bits per heavy atom. The lowest BCUT2D eigenvalue weighted by molar-refractivity contribution is 0.589. The zero-order chi connectivity index (χ0) is 7.68. The first kappa shape index (κ1) is 6.16. The highest BCUT2D eigenvalue weighted by atomic mass is 16.3. The van der Waals surface area contributed by atoms with Gasteiger partial charge in [-0.2, -0.15) is 0 Å². The maximum Gasteiger partial charge on any atom is 0.219 e. The van der Waals surface area contributed by atoms with Crippen LogP contribution in [0.25, 0.3) is 17.2 Å². The number of benzene rings is 1. The van der Waals surface area contributed by atoms with Crippen molar-refractivity contribution in [3.8, 4) is 0 Å². The smallest absolute Gasteiger partial charge is 0.219 e. The standard InChI is InChI=1S/C9H7NO/c1-2-9-10-7-5-3-4-6-8(7)11-9/h2-6H,1H2. The summed E-state index contributed by atoms with van der Waals surface area (Å²) in [6.45, 7) is 3.57. The summed E-state index contributed by atoms with van der Waals surface area (Å²) in [5, 5.41) is 0. The van der Waals surface area contributed by atoms with Gasteiger partial charge in [-0.1, -0.05) is 18.7 Å². The molecule has 1 heterocycles. The maximum atomic E-state index is 5.29. The Morgan fingerprint density at radius 3 is 2.91 bits per heavy atom. The number of aromatic nitrogens is 1. The van der Waals surface area contributed by atoms with Crippen molar-refractivity contribution in [2.75, 3.05) is 0 Å². The molecular formula is C9H7NO. The summed E-state index contributed by atoms with van der Waals surface area (Å²) in [6.07, 6.45) is 1.60. The van der Waals surface area contributed by atoms with E-state index in [1.807, 2.05) is 24.3 Å². The average Bonchev–Trinajstić information content (AvgIpc) is 2.46. The second-order valence-corrected chi connectivity index (χ2v) is 2.22. The van der Waals surface area contributed by atoms with Gasteiger partial charge in [0.25, 0.3) is 0 Å². The second kappa shape index (κ2) is 2.23. The van der Waals surface area contributed by atoms with E-state index in [-0.39, 0.29) is 0 Å². The molecule has 0 atom stereocenters. The van der Waals surface area contributed by atoms with Crippen LogP contribution in [0.1, 0.15) is 5.89 Å². The number of oxazole rings is 1. The zero-order valence-electron chi connectivity index (χ0n) is 5.95. The van der Waals surface area contributed by atoms with Crippen LogP contribution in [0.3, 0.4) is 0 Å². The average molecular weight is 145 g/mol. The highest BCUT2D eigenvalue weighted by Crippen LogP contribution is 2.14. The molecule has 0 radical (unpaired) electrons. The van der Waals surface area contributed by atoms with Crippen molar-refractivity contribution < 1.29 is 4.42 Å². The van der Waals surface area contributed by atoms with Crippen molar-refractivity contribution in [3.63, 3.8) is 0 Å². The molecular weight excluding hydrogens is 138 g/mol. The lowest BCUT2D eigenvalue weighted by Crippen LogP contribution is -1.65. The molecule has 2 aromatic rings. The molecule has 2 heteroatoms. The van der Waals surface area contributed by atoms with Crippen molar-refractivity contribution >= 4 is 17.2 Å². The number of rotatable bonds is 1. The van der Waals surface area contributed by atoms with Crippen LogP contribution < -0.4 is 0 Å². The van der Waals surface area contributed by atoms with Crippen LogP contribution in [0, 0.1) is 0 Å². The summed E-state index contributed by atoms with van der Waals surface area (Å²) in [6, 6.07) is 7.64. The molecule has 0 amide bonds. The van der Waals surface area contributed by atoms with Crippen molar-refractivity contribution in [1.82, 2.24) is 4.98 Å². The first-order valence-electron chi connectivity index (χ1n) is 3.38. The Bertz CT molecular complexity index is 356. The normalized spacial score (nSPS) is 10.2. The number of hydrogen-bond acceptors (Lipinski definition) is 2. The fourth-order valence-corrected chi connectivity index (χ4v) is 0.977. The third kappa shape index (κ3) is 0.923. The van der Waals surface area contributed by atoms with Crippen molar-refractivity contribution in [3.05, 3.63) is 36.7 Å². The SMILES string of the molecule is C=Cc1nc2ccccc2o1. The van der Waals surface area contributed by atoms with E-state index in [1.165, 1.54) is 0 Å². The maximum absolute atomic E-state index is 5.29. The van der Waals surface area contributed by atoms with Gasteiger partial charge in [0.05, 0.1) is 0 Å². The van der Waals surface area contributed by atoms with Gasteiger partial charge in [0, 0.05) is 0 Å². The largest absolute Gasteiger partial charge is 0.437 e. The molecule has 1 aromatic heterocycles. The van der Waals surface area contributed by atoms with Crippen LogP contribution in [-0.4, -0.2) is 4.98 Å². The predicted octanol–water partition coefficient (Wildman–Crippen LogP) is 2.47. The summed E-state index contributed by atoms with van der Waals surface area (Å²) >= 11 is 0. The lowest BCUT2D eigenvalue weighted by atomic mass is 10.3. The summed E-state index contributed by atoms with van der Waals surface area (Å²) in [5.41, 5.74) is 1.69. The highest BCUT2D eigenvalue weighted by Gasteiger charge is 1.98. The Kier molecular flexibility index (Phi) is 1.25. The van der Waals surface area contributed by atoms with Gasteiger partial charge in [0.15, 0.2) is 5.58 Å². The molecule has 0 fully saturated rings. The van der Waals surface area contributed by atoms with E-state index in [0.717, 1.165) is 11.1 Å². The highest BCUT2D eigenvalue weighted by molar-refractivity contribution is 5.73. The zero-order valence-corrected chi connectivity index (χ0v) is 5.95. The van der Waals surface area contributed by atoms with Crippen LogP contribution in [0.5, 0.6) is 0 Å². The predicted molar refractivity (Wildman–Crippen MR) is 44.1 cm³/mol. The van der Waals surface area contributed by atoms with Gasteiger partial charge in [-0.05, 0) is 18.2 Å². The Balaban J connectivity index is 2.78. The van der Waals surface area contributed by atoms with Gasteiger partial charge in [-0.3, -0.25) is 0 Å². The first-order valence-corrected chi connectivity index (χ1v) is 3.38. The number of nitrogens with zero attached hydrogens (tertiary/aromatic N) is 1. The van der Waals surface area contributed by atoms with E-state index in [1.54, 1.807) is 6.08 Å². The fraction of sp³-hybridized carbons (Fsp3) is 0. The lowest BCUT2D eigenvalue weighted by Gasteiger charge is -1.79. The molecule has 0 bridgehead atoms. The summed E-state index contributed by atoms with van der Waals surface area (Å²) in [5.74, 6) is 0.575. The molecule has 54 valence electrons. The molecule has 0 N–H and O–H groups in total. The van der Waals surface area contributed by atoms with Crippen molar-refractivity contribution in [2.24, 2.45) is 0 Å². The fourth-order valence-electron chi connectivity index (χ4n) is 0.977.